The van der Waals surface area contributed by atoms with Crippen molar-refractivity contribution in [1.29, 1.82) is 0 Å². The Morgan fingerprint density at radius 3 is 2.69 bits per heavy atom. The van der Waals surface area contributed by atoms with Crippen molar-refractivity contribution in [3.05, 3.63) is 48.0 Å². The number of anilines is 1. The number of hydrogen-bond donors (Lipinski definition) is 2. The Morgan fingerprint density at radius 1 is 1.08 bits per heavy atom. The first-order valence-corrected chi connectivity index (χ1v) is 9.29. The Morgan fingerprint density at radius 2 is 1.88 bits per heavy atom. The summed E-state index contributed by atoms with van der Waals surface area (Å²) in [6.45, 7) is 1.28. The van der Waals surface area contributed by atoms with Crippen LogP contribution in [0.2, 0.25) is 0 Å². The fourth-order valence-electron chi connectivity index (χ4n) is 2.46. The predicted molar refractivity (Wildman–Crippen MR) is 101 cm³/mol. The van der Waals surface area contributed by atoms with E-state index in [2.05, 4.69) is 10.6 Å². The van der Waals surface area contributed by atoms with E-state index in [9.17, 15) is 9.59 Å². The molecule has 0 spiro atoms. The van der Waals surface area contributed by atoms with Crippen molar-refractivity contribution < 1.29 is 19.1 Å². The van der Waals surface area contributed by atoms with Gasteiger partial charge in [0.15, 0.2) is 11.5 Å². The molecule has 7 heteroatoms. The topological polar surface area (TPSA) is 76.7 Å². The van der Waals surface area contributed by atoms with E-state index in [4.69, 9.17) is 9.47 Å². The van der Waals surface area contributed by atoms with Gasteiger partial charge in [-0.05, 0) is 36.4 Å². The molecular formula is C19H20N2O4S. The van der Waals surface area contributed by atoms with E-state index in [1.54, 1.807) is 31.3 Å². The van der Waals surface area contributed by atoms with Gasteiger partial charge in [-0.3, -0.25) is 9.59 Å². The van der Waals surface area contributed by atoms with E-state index in [-0.39, 0.29) is 17.6 Å². The van der Waals surface area contributed by atoms with Crippen LogP contribution in [0.3, 0.4) is 0 Å². The monoisotopic (exact) mass is 372 g/mol. The summed E-state index contributed by atoms with van der Waals surface area (Å²) in [6, 6.07) is 12.5. The lowest BCUT2D eigenvalue weighted by Crippen LogP contribution is -2.18. The second-order valence-electron chi connectivity index (χ2n) is 5.66. The average molecular weight is 372 g/mol. The second-order valence-corrected chi connectivity index (χ2v) is 6.70. The van der Waals surface area contributed by atoms with Crippen LogP contribution in [0.15, 0.2) is 47.4 Å². The number of fused-ring (bicyclic) bond motifs is 1. The number of ether oxygens (including phenoxy) is 2. The standard InChI is InChI=1S/C19H20N2O4S/c1-20-19(23)13-4-2-5-14(10-13)21-18(22)12-26-15-6-7-16-17(11-15)25-9-3-8-24-16/h2,4-7,10-11H,3,8-9,12H2,1H3,(H,20,23)(H,21,22). The highest BCUT2D eigenvalue weighted by Gasteiger charge is 2.12. The number of thioether (sulfide) groups is 1. The molecule has 0 fully saturated rings. The largest absolute Gasteiger partial charge is 0.490 e. The molecule has 0 radical (unpaired) electrons. The lowest BCUT2D eigenvalue weighted by molar-refractivity contribution is -0.113. The molecule has 0 aromatic heterocycles. The highest BCUT2D eigenvalue weighted by atomic mass is 32.2. The summed E-state index contributed by atoms with van der Waals surface area (Å²) in [5.74, 6) is 1.37. The van der Waals surface area contributed by atoms with Crippen LogP contribution in [0.4, 0.5) is 5.69 Å². The molecule has 6 nitrogen and oxygen atoms in total. The van der Waals surface area contributed by atoms with Crippen LogP contribution in [-0.2, 0) is 4.79 Å². The van der Waals surface area contributed by atoms with E-state index < -0.39 is 0 Å². The van der Waals surface area contributed by atoms with Crippen molar-refractivity contribution in [2.75, 3.05) is 31.3 Å². The van der Waals surface area contributed by atoms with E-state index in [1.165, 1.54) is 11.8 Å². The van der Waals surface area contributed by atoms with E-state index in [1.807, 2.05) is 18.2 Å². The molecule has 1 aliphatic rings. The van der Waals surface area contributed by atoms with Gasteiger partial charge in [-0.25, -0.2) is 0 Å². The van der Waals surface area contributed by atoms with Crippen molar-refractivity contribution in [2.24, 2.45) is 0 Å². The van der Waals surface area contributed by atoms with Gasteiger partial charge in [0.05, 0.1) is 19.0 Å². The van der Waals surface area contributed by atoms with Gasteiger partial charge in [0, 0.05) is 29.6 Å². The molecule has 0 atom stereocenters. The number of nitrogens with one attached hydrogen (secondary N) is 2. The molecule has 2 amide bonds. The summed E-state index contributed by atoms with van der Waals surface area (Å²) in [7, 11) is 1.57. The SMILES string of the molecule is CNC(=O)c1cccc(NC(=O)CSc2ccc3c(c2)OCCCO3)c1. The van der Waals surface area contributed by atoms with Gasteiger partial charge >= 0.3 is 0 Å². The predicted octanol–water partition coefficient (Wildman–Crippen LogP) is 2.94. The number of carbonyl (C=O) groups is 2. The van der Waals surface area contributed by atoms with Crippen molar-refractivity contribution in [1.82, 2.24) is 5.32 Å². The molecule has 0 bridgehead atoms. The van der Waals surface area contributed by atoms with Gasteiger partial charge in [0.1, 0.15) is 0 Å². The van der Waals surface area contributed by atoms with E-state index >= 15 is 0 Å². The molecule has 136 valence electrons. The third kappa shape index (κ3) is 4.70. The number of hydrogen-bond acceptors (Lipinski definition) is 5. The zero-order valence-corrected chi connectivity index (χ0v) is 15.2. The molecule has 1 aliphatic heterocycles. The summed E-state index contributed by atoms with van der Waals surface area (Å²) in [5.41, 5.74) is 1.09. The van der Waals surface area contributed by atoms with Crippen molar-refractivity contribution in [3.63, 3.8) is 0 Å². The van der Waals surface area contributed by atoms with Crippen LogP contribution in [0.1, 0.15) is 16.8 Å². The number of rotatable bonds is 5. The molecule has 0 unspecified atom stereocenters. The fraction of sp³-hybridized carbons (Fsp3) is 0.263. The molecule has 0 aliphatic carbocycles. The van der Waals surface area contributed by atoms with Crippen LogP contribution in [-0.4, -0.2) is 37.8 Å². The molecule has 2 aromatic carbocycles. The molecular weight excluding hydrogens is 352 g/mol. The maximum atomic E-state index is 12.2. The highest BCUT2D eigenvalue weighted by Crippen LogP contribution is 2.33. The summed E-state index contributed by atoms with van der Waals surface area (Å²) in [4.78, 5) is 24.8. The average Bonchev–Trinajstić information content (AvgIpc) is 2.91. The van der Waals surface area contributed by atoms with E-state index in [0.29, 0.717) is 30.2 Å². The maximum Gasteiger partial charge on any atom is 0.251 e. The molecule has 1 heterocycles. The Kier molecular flexibility index (Phi) is 6.01. The quantitative estimate of drug-likeness (QED) is 0.789. The van der Waals surface area contributed by atoms with Crippen LogP contribution in [0.5, 0.6) is 11.5 Å². The first-order valence-electron chi connectivity index (χ1n) is 8.30. The molecule has 3 rings (SSSR count). The van der Waals surface area contributed by atoms with Gasteiger partial charge < -0.3 is 20.1 Å². The Bertz CT molecular complexity index is 810. The minimum absolute atomic E-state index is 0.142. The molecule has 2 aromatic rings. The summed E-state index contributed by atoms with van der Waals surface area (Å²) in [6.07, 6.45) is 0.856. The molecule has 26 heavy (non-hydrogen) atoms. The van der Waals surface area contributed by atoms with Gasteiger partial charge in [-0.2, -0.15) is 0 Å². The van der Waals surface area contributed by atoms with Crippen LogP contribution in [0.25, 0.3) is 0 Å². The number of amides is 2. The third-order valence-corrected chi connectivity index (χ3v) is 4.72. The highest BCUT2D eigenvalue weighted by molar-refractivity contribution is 8.00. The zero-order chi connectivity index (χ0) is 18.4. The Balaban J connectivity index is 1.57. The van der Waals surface area contributed by atoms with Crippen molar-refractivity contribution in [3.8, 4) is 11.5 Å². The second kappa shape index (κ2) is 8.62. The Hall–Kier alpha value is -2.67. The minimum atomic E-state index is -0.192. The maximum absolute atomic E-state index is 12.2. The molecule has 2 N–H and O–H groups in total. The van der Waals surface area contributed by atoms with Crippen LogP contribution in [0, 0.1) is 0 Å². The lowest BCUT2D eigenvalue weighted by atomic mass is 10.2. The third-order valence-electron chi connectivity index (χ3n) is 3.72. The van der Waals surface area contributed by atoms with Gasteiger partial charge in [-0.15, -0.1) is 11.8 Å². The number of carbonyl (C=O) groups excluding carboxylic acids is 2. The molecule has 0 saturated carbocycles. The smallest absolute Gasteiger partial charge is 0.251 e. The van der Waals surface area contributed by atoms with Crippen molar-refractivity contribution in [2.45, 2.75) is 11.3 Å². The summed E-state index contributed by atoms with van der Waals surface area (Å²) < 4.78 is 11.3. The van der Waals surface area contributed by atoms with Crippen LogP contribution >= 0.6 is 11.8 Å². The minimum Gasteiger partial charge on any atom is -0.490 e. The first-order chi connectivity index (χ1) is 12.7. The first kappa shape index (κ1) is 18.1. The Labute approximate surface area is 156 Å². The summed E-state index contributed by atoms with van der Waals surface area (Å²) in [5, 5.41) is 5.37. The fourth-order valence-corrected chi connectivity index (χ4v) is 3.19. The van der Waals surface area contributed by atoms with Crippen molar-refractivity contribution >= 4 is 29.3 Å². The summed E-state index contributed by atoms with van der Waals surface area (Å²) >= 11 is 1.42. The zero-order valence-electron chi connectivity index (χ0n) is 14.4. The van der Waals surface area contributed by atoms with E-state index in [0.717, 1.165) is 17.1 Å². The lowest BCUT2D eigenvalue weighted by Gasteiger charge is -2.10. The van der Waals surface area contributed by atoms with Gasteiger partial charge in [0.2, 0.25) is 5.91 Å². The van der Waals surface area contributed by atoms with Gasteiger partial charge in [-0.1, -0.05) is 6.07 Å². The normalized spacial score (nSPS) is 12.8. The molecule has 0 saturated heterocycles. The van der Waals surface area contributed by atoms with Gasteiger partial charge in [0.25, 0.3) is 5.91 Å². The van der Waals surface area contributed by atoms with Crippen LogP contribution < -0.4 is 20.1 Å². The number of benzene rings is 2.